The Kier molecular flexibility index (Phi) is 7.99. The van der Waals surface area contributed by atoms with Crippen molar-refractivity contribution in [3.05, 3.63) is 136 Å². The first-order valence-electron chi connectivity index (χ1n) is 11.8. The van der Waals surface area contributed by atoms with Crippen LogP contribution in [0.25, 0.3) is 10.8 Å². The number of amides is 2. The molecule has 0 aliphatic rings. The molecule has 0 saturated heterocycles. The van der Waals surface area contributed by atoms with Gasteiger partial charge in [-0.1, -0.05) is 89.9 Å². The van der Waals surface area contributed by atoms with Gasteiger partial charge in [0, 0.05) is 31.9 Å². The molecule has 0 heterocycles. The minimum Gasteiger partial charge on any atom is -0.325 e. The molecule has 0 aliphatic heterocycles. The van der Waals surface area contributed by atoms with E-state index in [1.54, 1.807) is 18.2 Å². The van der Waals surface area contributed by atoms with Gasteiger partial charge >= 0.3 is 0 Å². The fraction of sp³-hybridized carbons (Fsp3) is 0.0323. The zero-order valence-electron chi connectivity index (χ0n) is 20.0. The van der Waals surface area contributed by atoms with Crippen LogP contribution in [0.5, 0.6) is 0 Å². The van der Waals surface area contributed by atoms with Gasteiger partial charge in [-0.05, 0) is 64.9 Å². The van der Waals surface area contributed by atoms with Crippen LogP contribution >= 0.6 is 35.0 Å². The van der Waals surface area contributed by atoms with Gasteiger partial charge in [-0.25, -0.2) is 0 Å². The number of carbonyl (C=O) groups is 2. The highest BCUT2D eigenvalue weighted by Gasteiger charge is 2.23. The lowest BCUT2D eigenvalue weighted by Gasteiger charge is -2.18. The molecule has 4 nitrogen and oxygen atoms in total. The second-order valence-corrected chi connectivity index (χ2v) is 10.7. The van der Waals surface area contributed by atoms with Crippen molar-refractivity contribution >= 4 is 68.9 Å². The summed E-state index contributed by atoms with van der Waals surface area (Å²) >= 11 is 13.6. The number of thioether (sulfide) groups is 1. The zero-order valence-corrected chi connectivity index (χ0v) is 22.4. The van der Waals surface area contributed by atoms with Crippen molar-refractivity contribution in [2.45, 2.75) is 10.1 Å². The van der Waals surface area contributed by atoms with Gasteiger partial charge < -0.3 is 10.6 Å². The number of nitrogens with one attached hydrogen (secondary N) is 2. The molecule has 0 aliphatic carbocycles. The molecule has 1 unspecified atom stereocenters. The predicted molar refractivity (Wildman–Crippen MR) is 158 cm³/mol. The number of fused-ring (bicyclic) bond motifs is 1. The van der Waals surface area contributed by atoms with E-state index in [2.05, 4.69) is 10.6 Å². The maximum Gasteiger partial charge on any atom is 0.255 e. The Balaban J connectivity index is 1.36. The molecular formula is C31H22Cl2N2O2S. The van der Waals surface area contributed by atoms with Gasteiger partial charge in [-0.15, -0.1) is 11.8 Å². The van der Waals surface area contributed by atoms with Crippen molar-refractivity contribution in [1.82, 2.24) is 0 Å². The summed E-state index contributed by atoms with van der Waals surface area (Å²) in [5.41, 5.74) is 2.57. The Labute approximate surface area is 235 Å². The fourth-order valence-corrected chi connectivity index (χ4v) is 5.66. The Morgan fingerprint density at radius 3 is 2.11 bits per heavy atom. The molecule has 0 fully saturated rings. The summed E-state index contributed by atoms with van der Waals surface area (Å²) in [6, 6.07) is 35.4. The van der Waals surface area contributed by atoms with Gasteiger partial charge in [0.2, 0.25) is 5.91 Å². The molecule has 0 aromatic heterocycles. The van der Waals surface area contributed by atoms with Crippen LogP contribution in [0.15, 0.2) is 120 Å². The molecule has 2 amide bonds. The van der Waals surface area contributed by atoms with Gasteiger partial charge in [-0.3, -0.25) is 9.59 Å². The van der Waals surface area contributed by atoms with Crippen LogP contribution in [-0.4, -0.2) is 11.8 Å². The standard InChI is InChI=1S/C31H22Cl2N2O2S/c32-24-16-25(33)18-27(17-24)35-31(37)29(21-8-2-1-3-9-21)38-28-12-6-11-26(19-28)34-30(36)23-14-13-20-7-4-5-10-22(20)15-23/h1-19,29H,(H,34,36)(H,35,37). The second kappa shape index (κ2) is 11.7. The first-order chi connectivity index (χ1) is 18.4. The zero-order chi connectivity index (χ0) is 26.5. The number of rotatable bonds is 7. The number of halogens is 2. The number of carbonyl (C=O) groups excluding carboxylic acids is 2. The summed E-state index contributed by atoms with van der Waals surface area (Å²) in [6.45, 7) is 0. The van der Waals surface area contributed by atoms with Crippen molar-refractivity contribution in [2.24, 2.45) is 0 Å². The van der Waals surface area contributed by atoms with Crippen LogP contribution in [0.1, 0.15) is 21.2 Å². The van der Waals surface area contributed by atoms with E-state index in [0.29, 0.717) is 27.0 Å². The molecule has 188 valence electrons. The van der Waals surface area contributed by atoms with E-state index in [9.17, 15) is 9.59 Å². The van der Waals surface area contributed by atoms with Gasteiger partial charge in [0.15, 0.2) is 0 Å². The second-order valence-electron chi connectivity index (χ2n) is 8.60. The maximum atomic E-state index is 13.4. The van der Waals surface area contributed by atoms with Crippen molar-refractivity contribution in [1.29, 1.82) is 0 Å². The first kappa shape index (κ1) is 25.9. The fourth-order valence-electron chi connectivity index (χ4n) is 4.05. The summed E-state index contributed by atoms with van der Waals surface area (Å²) < 4.78 is 0. The summed E-state index contributed by atoms with van der Waals surface area (Å²) in [7, 11) is 0. The number of benzene rings is 5. The minimum absolute atomic E-state index is 0.201. The molecule has 5 rings (SSSR count). The first-order valence-corrected chi connectivity index (χ1v) is 13.5. The normalized spacial score (nSPS) is 11.6. The lowest BCUT2D eigenvalue weighted by Crippen LogP contribution is -2.19. The number of anilines is 2. The third kappa shape index (κ3) is 6.37. The third-order valence-electron chi connectivity index (χ3n) is 5.83. The lowest BCUT2D eigenvalue weighted by atomic mass is 10.1. The molecule has 0 spiro atoms. The molecular weight excluding hydrogens is 535 g/mol. The number of hydrogen-bond acceptors (Lipinski definition) is 3. The van der Waals surface area contributed by atoms with E-state index in [4.69, 9.17) is 23.2 Å². The van der Waals surface area contributed by atoms with Crippen LogP contribution in [-0.2, 0) is 4.79 Å². The Bertz CT molecular complexity index is 1610. The third-order valence-corrected chi connectivity index (χ3v) is 7.51. The van der Waals surface area contributed by atoms with Crippen LogP contribution < -0.4 is 10.6 Å². The Hall–Kier alpha value is -3.77. The molecule has 7 heteroatoms. The maximum absolute atomic E-state index is 13.4. The van der Waals surface area contributed by atoms with Crippen molar-refractivity contribution in [3.63, 3.8) is 0 Å². The quantitative estimate of drug-likeness (QED) is 0.197. The predicted octanol–water partition coefficient (Wildman–Crippen LogP) is 8.87. The molecule has 0 radical (unpaired) electrons. The highest BCUT2D eigenvalue weighted by molar-refractivity contribution is 8.00. The van der Waals surface area contributed by atoms with E-state index in [1.807, 2.05) is 97.1 Å². The Morgan fingerprint density at radius 2 is 1.34 bits per heavy atom. The molecule has 5 aromatic carbocycles. The summed E-state index contributed by atoms with van der Waals surface area (Å²) in [4.78, 5) is 27.2. The topological polar surface area (TPSA) is 58.2 Å². The average molecular weight is 558 g/mol. The van der Waals surface area contributed by atoms with Crippen LogP contribution in [0.4, 0.5) is 11.4 Å². The molecule has 5 aromatic rings. The number of hydrogen-bond donors (Lipinski definition) is 2. The van der Waals surface area contributed by atoms with Gasteiger partial charge in [0.1, 0.15) is 5.25 Å². The lowest BCUT2D eigenvalue weighted by molar-refractivity contribution is -0.115. The SMILES string of the molecule is O=C(Nc1cccc(SC(C(=O)Nc2cc(Cl)cc(Cl)c2)c2ccccc2)c1)c1ccc2ccccc2c1. The molecule has 1 atom stereocenters. The summed E-state index contributed by atoms with van der Waals surface area (Å²) in [5.74, 6) is -0.418. The van der Waals surface area contributed by atoms with Gasteiger partial charge in [0.05, 0.1) is 0 Å². The Morgan fingerprint density at radius 1 is 0.632 bits per heavy atom. The van der Waals surface area contributed by atoms with E-state index in [-0.39, 0.29) is 11.8 Å². The van der Waals surface area contributed by atoms with Crippen molar-refractivity contribution in [3.8, 4) is 0 Å². The van der Waals surface area contributed by atoms with Crippen LogP contribution in [0.3, 0.4) is 0 Å². The molecule has 0 bridgehead atoms. The van der Waals surface area contributed by atoms with Crippen molar-refractivity contribution in [2.75, 3.05) is 10.6 Å². The van der Waals surface area contributed by atoms with Crippen LogP contribution in [0.2, 0.25) is 10.0 Å². The minimum atomic E-state index is -0.555. The summed E-state index contributed by atoms with van der Waals surface area (Å²) in [6.07, 6.45) is 0. The molecule has 2 N–H and O–H groups in total. The summed E-state index contributed by atoms with van der Waals surface area (Å²) in [5, 5.41) is 8.30. The van der Waals surface area contributed by atoms with E-state index >= 15 is 0 Å². The molecule has 0 saturated carbocycles. The average Bonchev–Trinajstić information content (AvgIpc) is 2.91. The van der Waals surface area contributed by atoms with E-state index < -0.39 is 5.25 Å². The monoisotopic (exact) mass is 556 g/mol. The highest BCUT2D eigenvalue weighted by atomic mass is 35.5. The van der Waals surface area contributed by atoms with E-state index in [1.165, 1.54) is 11.8 Å². The van der Waals surface area contributed by atoms with Crippen LogP contribution in [0, 0.1) is 0 Å². The molecule has 38 heavy (non-hydrogen) atoms. The largest absolute Gasteiger partial charge is 0.325 e. The van der Waals surface area contributed by atoms with Crippen molar-refractivity contribution < 1.29 is 9.59 Å². The van der Waals surface area contributed by atoms with Gasteiger partial charge in [-0.2, -0.15) is 0 Å². The smallest absolute Gasteiger partial charge is 0.255 e. The van der Waals surface area contributed by atoms with E-state index in [0.717, 1.165) is 21.2 Å². The van der Waals surface area contributed by atoms with Gasteiger partial charge in [0.25, 0.3) is 5.91 Å². The highest BCUT2D eigenvalue weighted by Crippen LogP contribution is 2.37.